The second kappa shape index (κ2) is 27.1. The van der Waals surface area contributed by atoms with E-state index < -0.39 is 64.8 Å². The number of carboxylic acid groups (broad SMARTS) is 1. The number of rotatable bonds is 25. The summed E-state index contributed by atoms with van der Waals surface area (Å²) in [7, 11) is 0. The number of aryl methyl sites for hydroxylation is 1. The lowest BCUT2D eigenvalue weighted by molar-refractivity contribution is -0.138. The molecule has 2 aliphatic rings. The summed E-state index contributed by atoms with van der Waals surface area (Å²) in [5.74, 6) is -3.90. The number of pyridine rings is 1. The number of imide groups is 1. The molecule has 0 radical (unpaired) electrons. The molecule has 5 aromatic rings. The number of hydrogen-bond donors (Lipinski definition) is 6. The molecule has 3 aromatic carbocycles. The van der Waals surface area contributed by atoms with E-state index in [1.165, 1.54) is 26.7 Å². The van der Waals surface area contributed by atoms with Gasteiger partial charge in [-0.15, -0.1) is 5.10 Å². The van der Waals surface area contributed by atoms with Gasteiger partial charge in [0, 0.05) is 88.8 Å². The fraction of sp³-hybridized carbons (Fsp3) is 0.436. The quantitative estimate of drug-likeness (QED) is 0.0339. The first-order valence-corrected chi connectivity index (χ1v) is 26.5. The molecule has 0 saturated carbocycles. The van der Waals surface area contributed by atoms with Crippen LogP contribution >= 0.6 is 0 Å². The number of ether oxygens (including phenoxy) is 1. The summed E-state index contributed by atoms with van der Waals surface area (Å²) >= 11 is 0. The molecule has 0 aliphatic carbocycles. The molecule has 0 spiro atoms. The maximum Gasteiger partial charge on any atom is 0.410 e. The molecule has 2 aliphatic heterocycles. The number of aromatic nitrogens is 4. The molecule has 2 fully saturated rings. The Hall–Kier alpha value is -8.70. The maximum atomic E-state index is 15.5. The number of carbonyl (C=O) groups is 8. The summed E-state index contributed by atoms with van der Waals surface area (Å²) in [5.41, 5.74) is 6.92. The standard InChI is InChI=1S/C55H67FN12O11/c1-4-64-31-39(53(75)76)50(72)38-29-40(56)45(30-44(38)64)65-24-26-66(27-25-65)55(78)79-33-36-16-18-37(19-17-36)59-52(74)43(14-11-22-58-54(57)77)68-32-42(62-63-68)49(34(2)3)61-51(73)41(28-35-12-7-5-8-13-35)60-46(69)15-9-6-10-23-67-47(70)20-21-48(67)71/h5,7-8,12-13,16-19,29-32,34,41,43,49H,4,6,9-11,14-15,20-28,33H2,1-3H3,(H,59,74)(H,60,69)(H,61,73)(H,75,76)(H3,57,58,77)/t41-,43+,49+/m1/s1. The number of halogens is 1. The van der Waals surface area contributed by atoms with Gasteiger partial charge in [0.15, 0.2) is 0 Å². The van der Waals surface area contributed by atoms with Crippen molar-refractivity contribution in [1.82, 2.24) is 45.3 Å². The predicted molar refractivity (Wildman–Crippen MR) is 288 cm³/mol. The highest BCUT2D eigenvalue weighted by Crippen LogP contribution is 2.28. The largest absolute Gasteiger partial charge is 0.477 e. The van der Waals surface area contributed by atoms with Crippen molar-refractivity contribution in [2.24, 2.45) is 11.7 Å². The summed E-state index contributed by atoms with van der Waals surface area (Å²) in [5, 5.41) is 29.5. The number of amides is 8. The number of benzene rings is 3. The van der Waals surface area contributed by atoms with Gasteiger partial charge < -0.3 is 51.2 Å². The van der Waals surface area contributed by atoms with Gasteiger partial charge in [-0.1, -0.05) is 67.9 Å². The molecule has 0 bridgehead atoms. The predicted octanol–water partition coefficient (Wildman–Crippen LogP) is 4.79. The first-order valence-electron chi connectivity index (χ1n) is 26.5. The number of anilines is 2. The molecule has 79 heavy (non-hydrogen) atoms. The Kier molecular flexibility index (Phi) is 19.9. The third kappa shape index (κ3) is 15.3. The summed E-state index contributed by atoms with van der Waals surface area (Å²) < 4.78 is 24.0. The lowest BCUT2D eigenvalue weighted by Crippen LogP contribution is -2.49. The molecular formula is C55H67FN12O11. The van der Waals surface area contributed by atoms with E-state index in [9.17, 15) is 48.3 Å². The molecule has 7 N–H and O–H groups in total. The van der Waals surface area contributed by atoms with Crippen LogP contribution in [0, 0.1) is 11.7 Å². The number of nitrogens with two attached hydrogens (primary N) is 1. The average molecular weight is 1090 g/mol. The zero-order chi connectivity index (χ0) is 56.8. The van der Waals surface area contributed by atoms with E-state index in [4.69, 9.17) is 10.5 Å². The SMILES string of the molecule is CCn1cc(C(=O)O)c(=O)c2cc(F)c(N3CCN(C(=O)OCc4ccc(NC(=O)[C@H](CCCNC(N)=O)n5cc([C@@H](NC(=O)[C@@H](Cc6ccccc6)NC(=O)CCCCCN6C(=O)CCC6=O)C(C)C)nn5)cc4)CC3)cc21. The molecule has 2 saturated heterocycles. The number of carbonyl (C=O) groups excluding carboxylic acids is 7. The van der Waals surface area contributed by atoms with Gasteiger partial charge in [-0.3, -0.25) is 33.7 Å². The van der Waals surface area contributed by atoms with Gasteiger partial charge >= 0.3 is 18.1 Å². The normalized spacial score (nSPS) is 14.7. The number of aromatic carboxylic acids is 1. The number of likely N-dealkylation sites (tertiary alicyclic amines) is 1. The minimum absolute atomic E-state index is 0.0373. The number of carboxylic acids is 1. The van der Waals surface area contributed by atoms with Crippen LogP contribution in [-0.2, 0) is 48.3 Å². The van der Waals surface area contributed by atoms with Crippen molar-refractivity contribution < 1.29 is 52.6 Å². The summed E-state index contributed by atoms with van der Waals surface area (Å²) in [6, 6.07) is 15.2. The molecule has 7 rings (SSSR count). The smallest absolute Gasteiger partial charge is 0.410 e. The first-order chi connectivity index (χ1) is 37.9. The van der Waals surface area contributed by atoms with Gasteiger partial charge in [-0.25, -0.2) is 23.5 Å². The van der Waals surface area contributed by atoms with Crippen LogP contribution in [0.15, 0.2) is 83.9 Å². The number of fused-ring (bicyclic) bond motifs is 1. The molecule has 23 nitrogen and oxygen atoms in total. The Morgan fingerprint density at radius 3 is 2.20 bits per heavy atom. The van der Waals surface area contributed by atoms with Gasteiger partial charge in [-0.05, 0) is 73.9 Å². The van der Waals surface area contributed by atoms with Crippen molar-refractivity contribution in [3.05, 3.63) is 118 Å². The van der Waals surface area contributed by atoms with E-state index >= 15 is 4.39 Å². The van der Waals surface area contributed by atoms with E-state index in [0.717, 1.165) is 11.6 Å². The molecule has 4 heterocycles. The summed E-state index contributed by atoms with van der Waals surface area (Å²) in [6.45, 7) is 7.27. The Balaban J connectivity index is 0.942. The number of nitrogens with zero attached hydrogens (tertiary/aromatic N) is 7. The second-order valence-corrected chi connectivity index (χ2v) is 19.9. The van der Waals surface area contributed by atoms with Crippen LogP contribution in [0.4, 0.5) is 25.4 Å². The van der Waals surface area contributed by atoms with Crippen LogP contribution in [0.5, 0.6) is 0 Å². The molecule has 420 valence electrons. The Labute approximate surface area is 455 Å². The van der Waals surface area contributed by atoms with E-state index in [1.54, 1.807) is 46.9 Å². The summed E-state index contributed by atoms with van der Waals surface area (Å²) in [6.07, 6.45) is 5.24. The lowest BCUT2D eigenvalue weighted by atomic mass is 9.99. The number of unbranched alkanes of at least 4 members (excludes halogenated alkanes) is 2. The van der Waals surface area contributed by atoms with Crippen LogP contribution in [0.3, 0.4) is 0 Å². The minimum atomic E-state index is -1.40. The first kappa shape index (κ1) is 58.0. The van der Waals surface area contributed by atoms with Crippen LogP contribution in [0.25, 0.3) is 10.9 Å². The van der Waals surface area contributed by atoms with Gasteiger partial charge in [0.1, 0.15) is 35.8 Å². The third-order valence-electron chi connectivity index (χ3n) is 13.9. The molecule has 2 aromatic heterocycles. The fourth-order valence-electron chi connectivity index (χ4n) is 9.57. The van der Waals surface area contributed by atoms with E-state index in [1.807, 2.05) is 44.2 Å². The Morgan fingerprint density at radius 2 is 1.54 bits per heavy atom. The molecule has 24 heteroatoms. The summed E-state index contributed by atoms with van der Waals surface area (Å²) in [4.78, 5) is 119. The zero-order valence-electron chi connectivity index (χ0n) is 44.5. The van der Waals surface area contributed by atoms with Crippen LogP contribution < -0.4 is 37.3 Å². The number of hydrogen-bond acceptors (Lipinski definition) is 13. The highest BCUT2D eigenvalue weighted by Gasteiger charge is 2.31. The van der Waals surface area contributed by atoms with Gasteiger partial charge in [0.25, 0.3) is 0 Å². The van der Waals surface area contributed by atoms with Gasteiger partial charge in [0.05, 0.1) is 23.4 Å². The maximum absolute atomic E-state index is 15.5. The number of primary amides is 1. The lowest BCUT2D eigenvalue weighted by Gasteiger charge is -2.35. The highest BCUT2D eigenvalue weighted by atomic mass is 19.1. The molecule has 0 unspecified atom stereocenters. The van der Waals surface area contributed by atoms with Crippen molar-refractivity contribution in [2.45, 2.75) is 110 Å². The number of urea groups is 1. The minimum Gasteiger partial charge on any atom is -0.477 e. The fourth-order valence-corrected chi connectivity index (χ4v) is 9.57. The van der Waals surface area contributed by atoms with E-state index in [0.29, 0.717) is 61.2 Å². The van der Waals surface area contributed by atoms with Crippen molar-refractivity contribution in [1.29, 1.82) is 0 Å². The van der Waals surface area contributed by atoms with Gasteiger partial charge in [0.2, 0.25) is 35.0 Å². The zero-order valence-corrected chi connectivity index (χ0v) is 44.5. The molecule has 3 atom stereocenters. The van der Waals surface area contributed by atoms with E-state index in [-0.39, 0.29) is 106 Å². The van der Waals surface area contributed by atoms with Gasteiger partial charge in [-0.2, -0.15) is 0 Å². The molecular weight excluding hydrogens is 1020 g/mol. The second-order valence-electron chi connectivity index (χ2n) is 19.9. The monoisotopic (exact) mass is 1090 g/mol. The Bertz CT molecular complexity index is 3070. The van der Waals surface area contributed by atoms with E-state index in [2.05, 4.69) is 31.6 Å². The Morgan fingerprint density at radius 1 is 0.835 bits per heavy atom. The van der Waals surface area contributed by atoms with Crippen LogP contribution in [0.2, 0.25) is 0 Å². The topological polar surface area (TPSA) is 303 Å². The van der Waals surface area contributed by atoms with Crippen molar-refractivity contribution in [3.63, 3.8) is 0 Å². The average Bonchev–Trinajstić information content (AvgIpc) is 4.09. The van der Waals surface area contributed by atoms with Crippen molar-refractivity contribution in [2.75, 3.05) is 49.5 Å². The number of nitrogens with one attached hydrogen (secondary N) is 4. The highest BCUT2D eigenvalue weighted by molar-refractivity contribution is 6.02. The third-order valence-corrected chi connectivity index (χ3v) is 13.9. The van der Waals surface area contributed by atoms with Crippen LogP contribution in [-0.4, -0.2) is 127 Å². The van der Waals surface area contributed by atoms with Crippen molar-refractivity contribution in [3.8, 4) is 0 Å². The van der Waals surface area contributed by atoms with Crippen LogP contribution in [0.1, 0.15) is 111 Å². The molecule has 8 amide bonds. The van der Waals surface area contributed by atoms with Crippen molar-refractivity contribution >= 4 is 69.9 Å². The number of piperazine rings is 1.